The lowest BCUT2D eigenvalue weighted by Gasteiger charge is -2.13. The first-order valence-electron chi connectivity index (χ1n) is 9.77. The summed E-state index contributed by atoms with van der Waals surface area (Å²) in [5, 5.41) is 2.42. The van der Waals surface area contributed by atoms with Gasteiger partial charge < -0.3 is 19.6 Å². The van der Waals surface area contributed by atoms with E-state index in [4.69, 9.17) is 26.7 Å². The van der Waals surface area contributed by atoms with Crippen molar-refractivity contribution >= 4 is 57.6 Å². The van der Waals surface area contributed by atoms with Gasteiger partial charge in [-0.05, 0) is 54.8 Å². The van der Waals surface area contributed by atoms with Gasteiger partial charge in [-0.1, -0.05) is 11.6 Å². The number of nitrogen functional groups attached to an aromatic ring is 1. The number of aromatic nitrogens is 3. The summed E-state index contributed by atoms with van der Waals surface area (Å²) >= 11 is 8.02. The van der Waals surface area contributed by atoms with Crippen molar-refractivity contribution in [3.8, 4) is 0 Å². The fourth-order valence-electron chi connectivity index (χ4n) is 3.99. The number of nitrogens with two attached hydrogens (primary N) is 1. The van der Waals surface area contributed by atoms with E-state index in [0.717, 1.165) is 65.4 Å². The van der Waals surface area contributed by atoms with Crippen molar-refractivity contribution in [3.63, 3.8) is 0 Å². The monoisotopic (exact) mass is 441 g/mol. The van der Waals surface area contributed by atoms with Crippen LogP contribution in [0, 0.1) is 5.92 Å². The Kier molecular flexibility index (Phi) is 5.04. The predicted octanol–water partition coefficient (Wildman–Crippen LogP) is 4.43. The van der Waals surface area contributed by atoms with Gasteiger partial charge in [-0.15, -0.1) is 0 Å². The van der Waals surface area contributed by atoms with E-state index < -0.39 is 0 Å². The number of aryl methyl sites for hydroxylation is 1. The van der Waals surface area contributed by atoms with Crippen molar-refractivity contribution in [2.45, 2.75) is 29.4 Å². The molecule has 1 saturated heterocycles. The highest BCUT2D eigenvalue weighted by atomic mass is 35.5. The van der Waals surface area contributed by atoms with E-state index in [1.807, 2.05) is 29.2 Å². The molecular formula is C21H20ClN5O2S. The van der Waals surface area contributed by atoms with E-state index >= 15 is 0 Å². The number of amides is 1. The summed E-state index contributed by atoms with van der Waals surface area (Å²) < 4.78 is 7.70. The molecule has 1 aliphatic rings. The Morgan fingerprint density at radius 1 is 1.37 bits per heavy atom. The summed E-state index contributed by atoms with van der Waals surface area (Å²) in [6.45, 7) is 2.42. The van der Waals surface area contributed by atoms with Crippen molar-refractivity contribution in [1.29, 1.82) is 0 Å². The van der Waals surface area contributed by atoms with Crippen LogP contribution in [0.2, 0.25) is 5.02 Å². The third-order valence-electron chi connectivity index (χ3n) is 5.60. The van der Waals surface area contributed by atoms with E-state index in [1.54, 1.807) is 12.5 Å². The first-order valence-corrected chi connectivity index (χ1v) is 11.0. The number of hydrogen-bond acceptors (Lipinski definition) is 6. The first-order chi connectivity index (χ1) is 14.6. The molecule has 1 aromatic carbocycles. The molecule has 0 spiro atoms. The van der Waals surface area contributed by atoms with Crippen LogP contribution in [0.25, 0.3) is 22.0 Å². The number of halogens is 1. The zero-order valence-corrected chi connectivity index (χ0v) is 17.7. The van der Waals surface area contributed by atoms with Gasteiger partial charge in [-0.3, -0.25) is 4.79 Å². The zero-order valence-electron chi connectivity index (χ0n) is 16.1. The predicted molar refractivity (Wildman–Crippen MR) is 118 cm³/mol. The Bertz CT molecular complexity index is 1240. The van der Waals surface area contributed by atoms with Crippen molar-refractivity contribution in [1.82, 2.24) is 19.4 Å². The Morgan fingerprint density at radius 3 is 3.10 bits per heavy atom. The van der Waals surface area contributed by atoms with Crippen LogP contribution in [-0.4, -0.2) is 38.9 Å². The second-order valence-electron chi connectivity index (χ2n) is 7.50. The number of anilines is 1. The van der Waals surface area contributed by atoms with Gasteiger partial charge in [0.15, 0.2) is 11.0 Å². The highest BCUT2D eigenvalue weighted by molar-refractivity contribution is 7.99. The second-order valence-corrected chi connectivity index (χ2v) is 8.91. The molecule has 1 aliphatic heterocycles. The lowest BCUT2D eigenvalue weighted by Crippen LogP contribution is -2.18. The Balaban J connectivity index is 1.48. The standard InChI is InChI=1S/C21H20ClN5O2S/c22-15-9-14-4-8-29-17(14)10-18(15)30-21-25-19-16(1-5-24-20(19)23)27(21)7-3-13-2-6-26(11-13)12-28/h1,4-5,8-10,12-13H,2-3,6-7,11H2,(H2,23,24). The fraction of sp³-hybridized carbons (Fsp3) is 0.286. The first kappa shape index (κ1) is 19.3. The number of fused-ring (bicyclic) bond motifs is 2. The van der Waals surface area contributed by atoms with Gasteiger partial charge in [-0.2, -0.15) is 0 Å². The SMILES string of the molecule is Nc1nccc2c1nc(Sc1cc3occc3cc1Cl)n2CCC1CCN(C=O)C1. The van der Waals surface area contributed by atoms with Crippen LogP contribution < -0.4 is 5.73 Å². The van der Waals surface area contributed by atoms with Crippen molar-refractivity contribution in [2.75, 3.05) is 18.8 Å². The minimum atomic E-state index is 0.411. The average Bonchev–Trinajstić information content (AvgIpc) is 3.46. The van der Waals surface area contributed by atoms with Crippen LogP contribution in [0.4, 0.5) is 5.82 Å². The van der Waals surface area contributed by atoms with E-state index in [0.29, 0.717) is 22.3 Å². The third-order valence-corrected chi connectivity index (χ3v) is 7.07. The molecule has 0 saturated carbocycles. The van der Waals surface area contributed by atoms with E-state index in [2.05, 4.69) is 9.55 Å². The summed E-state index contributed by atoms with van der Waals surface area (Å²) in [6.07, 6.45) is 6.28. The van der Waals surface area contributed by atoms with Gasteiger partial charge in [0, 0.05) is 36.1 Å². The van der Waals surface area contributed by atoms with Crippen molar-refractivity contribution < 1.29 is 9.21 Å². The Labute approximate surface area is 182 Å². The number of imidazole rings is 1. The quantitative estimate of drug-likeness (QED) is 0.445. The van der Waals surface area contributed by atoms with Gasteiger partial charge in [0.2, 0.25) is 6.41 Å². The number of furan rings is 1. The number of rotatable bonds is 6. The van der Waals surface area contributed by atoms with Crippen LogP contribution >= 0.6 is 23.4 Å². The molecule has 2 N–H and O–H groups in total. The fourth-order valence-corrected chi connectivity index (χ4v) is 5.23. The lowest BCUT2D eigenvalue weighted by atomic mass is 10.1. The van der Waals surface area contributed by atoms with Crippen LogP contribution in [0.5, 0.6) is 0 Å². The molecule has 3 aromatic heterocycles. The Morgan fingerprint density at radius 2 is 2.27 bits per heavy atom. The molecule has 7 nitrogen and oxygen atoms in total. The number of pyridine rings is 1. The maximum Gasteiger partial charge on any atom is 0.209 e. The molecule has 30 heavy (non-hydrogen) atoms. The van der Waals surface area contributed by atoms with Gasteiger partial charge in [0.05, 0.1) is 16.8 Å². The van der Waals surface area contributed by atoms with Gasteiger partial charge in [0.25, 0.3) is 0 Å². The zero-order chi connectivity index (χ0) is 20.7. The van der Waals surface area contributed by atoms with Crippen LogP contribution in [-0.2, 0) is 11.3 Å². The number of likely N-dealkylation sites (tertiary alicyclic amines) is 1. The number of nitrogens with zero attached hydrogens (tertiary/aromatic N) is 4. The van der Waals surface area contributed by atoms with E-state index in [1.165, 1.54) is 11.8 Å². The summed E-state index contributed by atoms with van der Waals surface area (Å²) in [7, 11) is 0. The minimum absolute atomic E-state index is 0.411. The summed E-state index contributed by atoms with van der Waals surface area (Å²) in [6, 6.07) is 7.67. The van der Waals surface area contributed by atoms with Crippen molar-refractivity contribution in [3.05, 3.63) is 41.7 Å². The lowest BCUT2D eigenvalue weighted by molar-refractivity contribution is -0.117. The molecule has 1 atom stereocenters. The van der Waals surface area contributed by atoms with Crippen molar-refractivity contribution in [2.24, 2.45) is 5.92 Å². The number of hydrogen-bond donors (Lipinski definition) is 1. The smallest absolute Gasteiger partial charge is 0.209 e. The summed E-state index contributed by atoms with van der Waals surface area (Å²) in [4.78, 5) is 22.7. The molecule has 154 valence electrons. The highest BCUT2D eigenvalue weighted by Gasteiger charge is 2.23. The minimum Gasteiger partial charge on any atom is -0.464 e. The van der Waals surface area contributed by atoms with E-state index in [-0.39, 0.29) is 0 Å². The molecule has 4 aromatic rings. The second kappa shape index (κ2) is 7.85. The van der Waals surface area contributed by atoms with Crippen LogP contribution in [0.3, 0.4) is 0 Å². The molecule has 4 heterocycles. The summed E-state index contributed by atoms with van der Waals surface area (Å²) in [5.74, 6) is 0.890. The average molecular weight is 442 g/mol. The summed E-state index contributed by atoms with van der Waals surface area (Å²) in [5.41, 5.74) is 8.52. The molecule has 9 heteroatoms. The molecular weight excluding hydrogens is 422 g/mol. The molecule has 0 radical (unpaired) electrons. The number of carbonyl (C=O) groups is 1. The van der Waals surface area contributed by atoms with Gasteiger partial charge in [-0.25, -0.2) is 9.97 Å². The maximum atomic E-state index is 11.0. The molecule has 1 fully saturated rings. The topological polar surface area (TPSA) is 90.2 Å². The highest BCUT2D eigenvalue weighted by Crippen LogP contribution is 2.38. The van der Waals surface area contributed by atoms with Gasteiger partial charge >= 0.3 is 0 Å². The van der Waals surface area contributed by atoms with Gasteiger partial charge in [0.1, 0.15) is 11.1 Å². The Hall–Kier alpha value is -2.71. The number of carbonyl (C=O) groups excluding carboxylic acids is 1. The third kappa shape index (κ3) is 3.50. The molecule has 1 unspecified atom stereocenters. The molecule has 1 amide bonds. The number of benzene rings is 1. The van der Waals surface area contributed by atoms with E-state index in [9.17, 15) is 4.79 Å². The van der Waals surface area contributed by atoms with Crippen LogP contribution in [0.1, 0.15) is 12.8 Å². The largest absolute Gasteiger partial charge is 0.464 e. The normalized spacial score (nSPS) is 16.7. The van der Waals surface area contributed by atoms with Crippen LogP contribution in [0.15, 0.2) is 51.2 Å². The molecule has 0 bridgehead atoms. The molecule has 5 rings (SSSR count). The molecule has 0 aliphatic carbocycles. The maximum absolute atomic E-state index is 11.0.